The molecule has 0 saturated carbocycles. The number of aliphatic imine (C=N–C) groups is 1. The zero-order valence-corrected chi connectivity index (χ0v) is 11.2. The highest BCUT2D eigenvalue weighted by atomic mass is 32.1. The highest BCUT2D eigenvalue weighted by Gasteiger charge is 2.22. The van der Waals surface area contributed by atoms with Crippen molar-refractivity contribution in [1.82, 2.24) is 0 Å². The summed E-state index contributed by atoms with van der Waals surface area (Å²) in [6.07, 6.45) is 0.838. The number of hydrogen-bond donors (Lipinski definition) is 1. The molecule has 0 aliphatic carbocycles. The summed E-state index contributed by atoms with van der Waals surface area (Å²) in [6.45, 7) is 0.677. The molecule has 1 aromatic rings. The van der Waals surface area contributed by atoms with Gasteiger partial charge in [0, 0.05) is 12.1 Å². The van der Waals surface area contributed by atoms with E-state index in [0.717, 1.165) is 17.5 Å². The van der Waals surface area contributed by atoms with E-state index in [1.165, 1.54) is 0 Å². The number of benzene rings is 1. The third-order valence-corrected chi connectivity index (χ3v) is 3.29. The Hall–Kier alpha value is -1.67. The molecule has 1 atom stereocenters. The number of thiol groups is 1. The van der Waals surface area contributed by atoms with Gasteiger partial charge >= 0.3 is 0 Å². The fraction of sp³-hybridized carbons (Fsp3) is 0.385. The van der Waals surface area contributed by atoms with E-state index in [1.54, 1.807) is 14.2 Å². The predicted molar refractivity (Wildman–Crippen MR) is 73.0 cm³/mol. The lowest BCUT2D eigenvalue weighted by atomic mass is 9.95. The Morgan fingerprint density at radius 1 is 1.33 bits per heavy atom. The van der Waals surface area contributed by atoms with Gasteiger partial charge < -0.3 is 9.47 Å². The Morgan fingerprint density at radius 2 is 2.00 bits per heavy atom. The average molecular weight is 262 g/mol. The molecular weight excluding hydrogens is 248 g/mol. The van der Waals surface area contributed by atoms with Crippen molar-refractivity contribution in [3.63, 3.8) is 0 Å². The maximum atomic E-state index is 8.98. The van der Waals surface area contributed by atoms with Crippen LogP contribution in [0, 0.1) is 11.3 Å². The van der Waals surface area contributed by atoms with Gasteiger partial charge in [0.1, 0.15) is 5.25 Å². The lowest BCUT2D eigenvalue weighted by Gasteiger charge is -2.20. The minimum atomic E-state index is -0.512. The zero-order valence-electron chi connectivity index (χ0n) is 10.3. The number of nitriles is 1. The first-order valence-electron chi connectivity index (χ1n) is 5.58. The molecule has 1 unspecified atom stereocenters. The molecule has 0 spiro atoms. The summed E-state index contributed by atoms with van der Waals surface area (Å²) in [5.74, 6) is 1.34. The van der Waals surface area contributed by atoms with Gasteiger partial charge in [0.25, 0.3) is 0 Å². The van der Waals surface area contributed by atoms with Gasteiger partial charge in [-0.3, -0.25) is 4.99 Å². The molecule has 1 aromatic carbocycles. The molecule has 0 fully saturated rings. The summed E-state index contributed by atoms with van der Waals surface area (Å²) in [5, 5.41) is 8.46. The van der Waals surface area contributed by atoms with E-state index in [2.05, 4.69) is 23.7 Å². The van der Waals surface area contributed by atoms with Gasteiger partial charge in [0.05, 0.1) is 26.0 Å². The summed E-state index contributed by atoms with van der Waals surface area (Å²) in [7, 11) is 3.20. The third kappa shape index (κ3) is 2.16. The second kappa shape index (κ2) is 5.32. The Morgan fingerprint density at radius 3 is 2.61 bits per heavy atom. The molecule has 0 saturated heterocycles. The van der Waals surface area contributed by atoms with Crippen molar-refractivity contribution in [2.45, 2.75) is 11.7 Å². The van der Waals surface area contributed by atoms with E-state index in [-0.39, 0.29) is 0 Å². The minimum Gasteiger partial charge on any atom is -0.493 e. The SMILES string of the molecule is COc1cc2c(cc1OC)C(C(S)C#N)=NCC2. The number of hydrogen-bond acceptors (Lipinski definition) is 5. The van der Waals surface area contributed by atoms with Crippen molar-refractivity contribution in [2.75, 3.05) is 20.8 Å². The quantitative estimate of drug-likeness (QED) is 0.846. The van der Waals surface area contributed by atoms with Gasteiger partial charge in [-0.2, -0.15) is 17.9 Å². The molecule has 18 heavy (non-hydrogen) atoms. The molecular formula is C13H14N2O2S. The summed E-state index contributed by atoms with van der Waals surface area (Å²) >= 11 is 4.25. The number of ether oxygens (including phenoxy) is 2. The molecule has 1 aliphatic rings. The van der Waals surface area contributed by atoms with Gasteiger partial charge in [-0.15, -0.1) is 0 Å². The van der Waals surface area contributed by atoms with E-state index < -0.39 is 5.25 Å². The number of nitrogens with zero attached hydrogens (tertiary/aromatic N) is 2. The number of methoxy groups -OCH3 is 2. The molecule has 0 bridgehead atoms. The van der Waals surface area contributed by atoms with Gasteiger partial charge in [-0.25, -0.2) is 0 Å². The standard InChI is InChI=1S/C13H14N2O2S/c1-16-10-5-8-3-4-15-13(12(18)7-14)9(8)6-11(10)17-2/h5-6,12,18H,3-4H2,1-2H3. The van der Waals surface area contributed by atoms with Crippen molar-refractivity contribution in [2.24, 2.45) is 4.99 Å². The van der Waals surface area contributed by atoms with Gasteiger partial charge in [-0.1, -0.05) is 0 Å². The van der Waals surface area contributed by atoms with E-state index in [9.17, 15) is 0 Å². The van der Waals surface area contributed by atoms with E-state index >= 15 is 0 Å². The maximum Gasteiger partial charge on any atom is 0.161 e. The second-order valence-corrected chi connectivity index (χ2v) is 4.43. The first-order valence-corrected chi connectivity index (χ1v) is 6.10. The average Bonchev–Trinajstić information content (AvgIpc) is 2.44. The topological polar surface area (TPSA) is 54.6 Å². The van der Waals surface area contributed by atoms with Crippen molar-refractivity contribution in [1.29, 1.82) is 5.26 Å². The fourth-order valence-corrected chi connectivity index (χ4v) is 2.26. The van der Waals surface area contributed by atoms with Crippen LogP contribution in [-0.2, 0) is 6.42 Å². The summed E-state index contributed by atoms with van der Waals surface area (Å²) in [4.78, 5) is 4.39. The highest BCUT2D eigenvalue weighted by Crippen LogP contribution is 2.33. The summed E-state index contributed by atoms with van der Waals surface area (Å²) in [6, 6.07) is 5.92. The molecule has 5 heteroatoms. The highest BCUT2D eigenvalue weighted by molar-refractivity contribution is 7.82. The molecule has 94 valence electrons. The molecule has 1 aliphatic heterocycles. The van der Waals surface area contributed by atoms with Crippen LogP contribution in [0.5, 0.6) is 11.5 Å². The van der Waals surface area contributed by atoms with Gasteiger partial charge in [0.15, 0.2) is 11.5 Å². The van der Waals surface area contributed by atoms with Crippen LogP contribution in [0.3, 0.4) is 0 Å². The second-order valence-electron chi connectivity index (χ2n) is 3.91. The number of rotatable bonds is 3. The lowest BCUT2D eigenvalue weighted by molar-refractivity contribution is 0.354. The largest absolute Gasteiger partial charge is 0.493 e. The molecule has 1 heterocycles. The van der Waals surface area contributed by atoms with Crippen molar-refractivity contribution in [3.05, 3.63) is 23.3 Å². The van der Waals surface area contributed by atoms with Crippen molar-refractivity contribution >= 4 is 18.3 Å². The van der Waals surface area contributed by atoms with Gasteiger partial charge in [0.2, 0.25) is 0 Å². The maximum absolute atomic E-state index is 8.98. The van der Waals surface area contributed by atoms with Crippen molar-refractivity contribution < 1.29 is 9.47 Å². The Kier molecular flexibility index (Phi) is 3.78. The van der Waals surface area contributed by atoms with Crippen LogP contribution >= 0.6 is 12.6 Å². The van der Waals surface area contributed by atoms with E-state index in [4.69, 9.17) is 14.7 Å². The lowest BCUT2D eigenvalue weighted by Crippen LogP contribution is -2.21. The van der Waals surface area contributed by atoms with Gasteiger partial charge in [-0.05, 0) is 24.1 Å². The summed E-state index contributed by atoms with van der Waals surface area (Å²) < 4.78 is 10.6. The molecule has 0 N–H and O–H groups in total. The monoisotopic (exact) mass is 262 g/mol. The van der Waals surface area contributed by atoms with Crippen LogP contribution in [0.1, 0.15) is 11.1 Å². The van der Waals surface area contributed by atoms with E-state index in [1.807, 2.05) is 12.1 Å². The Labute approximate surface area is 112 Å². The molecule has 0 radical (unpaired) electrons. The number of fused-ring (bicyclic) bond motifs is 1. The Balaban J connectivity index is 2.54. The molecule has 0 amide bonds. The van der Waals surface area contributed by atoms with Crippen LogP contribution in [0.15, 0.2) is 17.1 Å². The van der Waals surface area contributed by atoms with Crippen LogP contribution in [0.2, 0.25) is 0 Å². The van der Waals surface area contributed by atoms with Crippen molar-refractivity contribution in [3.8, 4) is 17.6 Å². The predicted octanol–water partition coefficient (Wildman–Crippen LogP) is 1.87. The minimum absolute atomic E-state index is 0.512. The molecule has 0 aromatic heterocycles. The van der Waals surface area contributed by atoms with Crippen LogP contribution in [0.25, 0.3) is 0 Å². The Bertz CT molecular complexity index is 535. The smallest absolute Gasteiger partial charge is 0.161 e. The van der Waals surface area contributed by atoms with Crippen LogP contribution in [-0.4, -0.2) is 31.7 Å². The van der Waals surface area contributed by atoms with E-state index in [0.29, 0.717) is 23.8 Å². The third-order valence-electron chi connectivity index (χ3n) is 2.93. The fourth-order valence-electron chi connectivity index (χ4n) is 2.04. The first-order chi connectivity index (χ1) is 8.71. The normalized spacial score (nSPS) is 15.1. The molecule has 4 nitrogen and oxygen atoms in total. The van der Waals surface area contributed by atoms with Crippen LogP contribution < -0.4 is 9.47 Å². The molecule has 2 rings (SSSR count). The zero-order chi connectivity index (χ0) is 13.1. The first kappa shape index (κ1) is 12.8. The van der Waals surface area contributed by atoms with Crippen LogP contribution in [0.4, 0.5) is 0 Å². The summed E-state index contributed by atoms with van der Waals surface area (Å²) in [5.41, 5.74) is 2.76.